The topological polar surface area (TPSA) is 71.0 Å². The van der Waals surface area contributed by atoms with Crippen LogP contribution in [0.5, 0.6) is 0 Å². The Morgan fingerprint density at radius 3 is 3.14 bits per heavy atom. The minimum absolute atomic E-state index is 0.230. The number of rotatable bonds is 3. The van der Waals surface area contributed by atoms with Gasteiger partial charge in [-0.15, -0.1) is 0 Å². The monoisotopic (exact) mass is 285 g/mol. The van der Waals surface area contributed by atoms with Crippen LogP contribution in [0.4, 0.5) is 10.6 Å². The molecule has 6 nitrogen and oxygen atoms in total. The second-order valence-electron chi connectivity index (χ2n) is 5.12. The van der Waals surface area contributed by atoms with Gasteiger partial charge in [-0.1, -0.05) is 24.3 Å². The third-order valence-corrected chi connectivity index (χ3v) is 3.51. The molecule has 6 heteroatoms. The normalized spacial score (nSPS) is 19.5. The summed E-state index contributed by atoms with van der Waals surface area (Å²) in [4.78, 5) is 15.6. The maximum absolute atomic E-state index is 11.3. The number of allylic oxidation sites excluding steroid dienone is 3. The Hall–Kier alpha value is -2.50. The molecule has 3 N–H and O–H groups in total. The van der Waals surface area contributed by atoms with E-state index in [-0.39, 0.29) is 12.1 Å². The molecule has 0 saturated carbocycles. The maximum Gasteiger partial charge on any atom is 0.320 e. The highest BCUT2D eigenvalue weighted by Gasteiger charge is 2.16. The summed E-state index contributed by atoms with van der Waals surface area (Å²) in [6.45, 7) is 0. The summed E-state index contributed by atoms with van der Waals surface area (Å²) < 4.78 is 1.85. The van der Waals surface area contributed by atoms with Crippen molar-refractivity contribution in [1.82, 2.24) is 15.0 Å². The molecule has 1 unspecified atom stereocenters. The average molecular weight is 285 g/mol. The lowest BCUT2D eigenvalue weighted by Crippen LogP contribution is -2.29. The largest absolute Gasteiger partial charge is 0.341 e. The third kappa shape index (κ3) is 3.16. The Labute approximate surface area is 123 Å². The van der Waals surface area contributed by atoms with E-state index in [1.165, 1.54) is 5.57 Å². The molecule has 1 aromatic rings. The van der Waals surface area contributed by atoms with Crippen LogP contribution in [0.1, 0.15) is 25.1 Å². The summed E-state index contributed by atoms with van der Waals surface area (Å²) in [6.07, 6.45) is 15.8. The van der Waals surface area contributed by atoms with Gasteiger partial charge in [-0.2, -0.15) is 0 Å². The first-order chi connectivity index (χ1) is 10.2. The first-order valence-corrected chi connectivity index (χ1v) is 7.13. The average Bonchev–Trinajstić information content (AvgIpc) is 2.89. The molecular weight excluding hydrogens is 266 g/mol. The van der Waals surface area contributed by atoms with E-state index in [9.17, 15) is 4.79 Å². The molecule has 2 amide bonds. The number of amides is 2. The molecule has 1 aliphatic heterocycles. The number of anilines is 1. The Kier molecular flexibility index (Phi) is 3.77. The van der Waals surface area contributed by atoms with Crippen LogP contribution in [0.25, 0.3) is 6.08 Å². The van der Waals surface area contributed by atoms with E-state index in [4.69, 9.17) is 0 Å². The number of imidazole rings is 1. The smallest absolute Gasteiger partial charge is 0.320 e. The number of nitrogens with one attached hydrogen (secondary N) is 3. The Bertz CT molecular complexity index is 626. The molecule has 0 bridgehead atoms. The SMILES string of the molecule is CNC(=O)Nc1cn2c(n1)C=CC(CC1=CCCC=C1)N2. The minimum Gasteiger partial charge on any atom is -0.341 e. The maximum atomic E-state index is 11.3. The van der Waals surface area contributed by atoms with Gasteiger partial charge in [-0.25, -0.2) is 14.5 Å². The number of urea groups is 1. The van der Waals surface area contributed by atoms with Crippen molar-refractivity contribution in [3.63, 3.8) is 0 Å². The lowest BCUT2D eigenvalue weighted by Gasteiger charge is -2.22. The van der Waals surface area contributed by atoms with E-state index in [0.717, 1.165) is 25.1 Å². The van der Waals surface area contributed by atoms with Crippen molar-refractivity contribution in [2.45, 2.75) is 25.3 Å². The van der Waals surface area contributed by atoms with Crippen LogP contribution >= 0.6 is 0 Å². The van der Waals surface area contributed by atoms with Crippen molar-refractivity contribution in [2.24, 2.45) is 0 Å². The van der Waals surface area contributed by atoms with E-state index in [2.05, 4.69) is 45.3 Å². The number of carbonyl (C=O) groups is 1. The van der Waals surface area contributed by atoms with Gasteiger partial charge in [0.2, 0.25) is 0 Å². The zero-order chi connectivity index (χ0) is 14.7. The molecule has 1 aromatic heterocycles. The molecule has 1 atom stereocenters. The van der Waals surface area contributed by atoms with Crippen molar-refractivity contribution < 1.29 is 4.79 Å². The highest BCUT2D eigenvalue weighted by atomic mass is 16.2. The molecule has 0 aromatic carbocycles. The van der Waals surface area contributed by atoms with Crippen LogP contribution in [0, 0.1) is 0 Å². The summed E-state index contributed by atoms with van der Waals surface area (Å²) in [5, 5.41) is 5.17. The third-order valence-electron chi connectivity index (χ3n) is 3.51. The number of hydrogen-bond donors (Lipinski definition) is 3. The summed E-state index contributed by atoms with van der Waals surface area (Å²) in [5.74, 6) is 1.31. The molecule has 1 aliphatic carbocycles. The van der Waals surface area contributed by atoms with Crippen LogP contribution in [-0.4, -0.2) is 28.8 Å². The van der Waals surface area contributed by atoms with Gasteiger partial charge in [0.25, 0.3) is 0 Å². The quantitative estimate of drug-likeness (QED) is 0.797. The highest BCUT2D eigenvalue weighted by Crippen LogP contribution is 2.20. The predicted molar refractivity (Wildman–Crippen MR) is 83.6 cm³/mol. The van der Waals surface area contributed by atoms with E-state index in [0.29, 0.717) is 5.82 Å². The summed E-state index contributed by atoms with van der Waals surface area (Å²) in [6, 6.07) is -0.0444. The lowest BCUT2D eigenvalue weighted by atomic mass is 10.00. The fraction of sp³-hybridized carbons (Fsp3) is 0.333. The summed E-state index contributed by atoms with van der Waals surface area (Å²) >= 11 is 0. The molecular formula is C15H19N5O. The van der Waals surface area contributed by atoms with Crippen LogP contribution in [0.3, 0.4) is 0 Å². The van der Waals surface area contributed by atoms with Crippen molar-refractivity contribution in [1.29, 1.82) is 0 Å². The van der Waals surface area contributed by atoms with Crippen molar-refractivity contribution in [2.75, 3.05) is 17.8 Å². The highest BCUT2D eigenvalue weighted by molar-refractivity contribution is 5.88. The van der Waals surface area contributed by atoms with Gasteiger partial charge in [0.15, 0.2) is 11.6 Å². The molecule has 0 saturated heterocycles. The zero-order valence-electron chi connectivity index (χ0n) is 12.0. The second-order valence-corrected chi connectivity index (χ2v) is 5.12. The molecule has 0 radical (unpaired) electrons. The summed E-state index contributed by atoms with van der Waals surface area (Å²) in [7, 11) is 1.57. The lowest BCUT2D eigenvalue weighted by molar-refractivity contribution is 0.254. The van der Waals surface area contributed by atoms with Crippen molar-refractivity contribution in [3.8, 4) is 0 Å². The number of hydrogen-bond acceptors (Lipinski definition) is 3. The van der Waals surface area contributed by atoms with Gasteiger partial charge in [0.1, 0.15) is 0 Å². The van der Waals surface area contributed by atoms with E-state index >= 15 is 0 Å². The first-order valence-electron chi connectivity index (χ1n) is 7.13. The fourth-order valence-electron chi connectivity index (χ4n) is 2.47. The molecule has 0 fully saturated rings. The Balaban J connectivity index is 1.66. The van der Waals surface area contributed by atoms with E-state index in [1.54, 1.807) is 13.2 Å². The van der Waals surface area contributed by atoms with Gasteiger partial charge >= 0.3 is 6.03 Å². The molecule has 21 heavy (non-hydrogen) atoms. The van der Waals surface area contributed by atoms with Gasteiger partial charge in [0, 0.05) is 7.05 Å². The van der Waals surface area contributed by atoms with Crippen LogP contribution in [0.15, 0.2) is 36.1 Å². The van der Waals surface area contributed by atoms with Gasteiger partial charge in [-0.05, 0) is 30.9 Å². The zero-order valence-corrected chi connectivity index (χ0v) is 12.0. The van der Waals surface area contributed by atoms with Gasteiger partial charge < -0.3 is 10.7 Å². The van der Waals surface area contributed by atoms with Gasteiger partial charge in [0.05, 0.1) is 12.2 Å². The molecule has 0 spiro atoms. The summed E-state index contributed by atoms with van der Waals surface area (Å²) in [5.41, 5.74) is 4.73. The number of carbonyl (C=O) groups excluding carboxylic acids is 1. The molecule has 2 aliphatic rings. The van der Waals surface area contributed by atoms with Crippen molar-refractivity contribution in [3.05, 3.63) is 41.9 Å². The number of fused-ring (bicyclic) bond motifs is 1. The molecule has 3 rings (SSSR count). The minimum atomic E-state index is -0.275. The molecule has 2 heterocycles. The van der Waals surface area contributed by atoms with Crippen LogP contribution < -0.4 is 16.1 Å². The van der Waals surface area contributed by atoms with Crippen molar-refractivity contribution >= 4 is 17.9 Å². The number of nitrogens with zero attached hydrogens (tertiary/aromatic N) is 2. The standard InChI is InChI=1S/C15H19N5O/c1-16-15(21)18-13-10-20-14(17-13)8-7-12(19-20)9-11-5-3-2-4-6-11/h3,5-8,10,12,19H,2,4,9H2,1H3,(H2,16,18,21). The van der Waals surface area contributed by atoms with Crippen LogP contribution in [-0.2, 0) is 0 Å². The first kappa shape index (κ1) is 13.5. The predicted octanol–water partition coefficient (Wildman–Crippen LogP) is 2.24. The van der Waals surface area contributed by atoms with Gasteiger partial charge in [-0.3, -0.25) is 5.32 Å². The van der Waals surface area contributed by atoms with E-state index in [1.807, 2.05) is 10.8 Å². The van der Waals surface area contributed by atoms with Crippen LogP contribution in [0.2, 0.25) is 0 Å². The van der Waals surface area contributed by atoms with E-state index < -0.39 is 0 Å². The fourth-order valence-corrected chi connectivity index (χ4v) is 2.47. The Morgan fingerprint density at radius 2 is 2.38 bits per heavy atom. The second kappa shape index (κ2) is 5.87. The Morgan fingerprint density at radius 1 is 1.48 bits per heavy atom. The number of aromatic nitrogens is 2. The molecule has 110 valence electrons.